The van der Waals surface area contributed by atoms with Gasteiger partial charge in [-0.3, -0.25) is 0 Å². The van der Waals surface area contributed by atoms with Gasteiger partial charge < -0.3 is 15.4 Å². The van der Waals surface area contributed by atoms with E-state index >= 15 is 0 Å². The molecule has 1 rings (SSSR count). The van der Waals surface area contributed by atoms with E-state index in [4.69, 9.17) is 4.74 Å². The second-order valence-corrected chi connectivity index (χ2v) is 4.42. The standard InChI is InChI=1S/C11H24N2O/c1-10(2)3-5-12-6-4-11-9-13-7-8-14-11/h10-13H,3-9H2,1-2H3. The van der Waals surface area contributed by atoms with Gasteiger partial charge in [0.15, 0.2) is 0 Å². The minimum Gasteiger partial charge on any atom is -0.376 e. The SMILES string of the molecule is CC(C)CCNCCC1CNCCO1. The zero-order valence-corrected chi connectivity index (χ0v) is 9.51. The summed E-state index contributed by atoms with van der Waals surface area (Å²) in [5.41, 5.74) is 0. The fourth-order valence-electron chi connectivity index (χ4n) is 1.58. The predicted molar refractivity (Wildman–Crippen MR) is 59.6 cm³/mol. The van der Waals surface area contributed by atoms with Crippen LogP contribution in [0, 0.1) is 5.92 Å². The van der Waals surface area contributed by atoms with Crippen LogP contribution in [-0.2, 0) is 4.74 Å². The highest BCUT2D eigenvalue weighted by Crippen LogP contribution is 2.00. The van der Waals surface area contributed by atoms with Gasteiger partial charge in [0.2, 0.25) is 0 Å². The maximum absolute atomic E-state index is 5.60. The molecule has 0 aliphatic carbocycles. The zero-order chi connectivity index (χ0) is 10.2. The Labute approximate surface area is 87.6 Å². The first-order chi connectivity index (χ1) is 6.79. The summed E-state index contributed by atoms with van der Waals surface area (Å²) in [7, 11) is 0. The lowest BCUT2D eigenvalue weighted by Gasteiger charge is -2.23. The van der Waals surface area contributed by atoms with Gasteiger partial charge in [-0.25, -0.2) is 0 Å². The Kier molecular flexibility index (Phi) is 6.15. The van der Waals surface area contributed by atoms with E-state index in [1.165, 1.54) is 6.42 Å². The summed E-state index contributed by atoms with van der Waals surface area (Å²) in [6, 6.07) is 0. The molecule has 0 aromatic heterocycles. The molecule has 0 radical (unpaired) electrons. The topological polar surface area (TPSA) is 33.3 Å². The van der Waals surface area contributed by atoms with Crippen LogP contribution in [0.5, 0.6) is 0 Å². The van der Waals surface area contributed by atoms with Gasteiger partial charge in [0.25, 0.3) is 0 Å². The summed E-state index contributed by atoms with van der Waals surface area (Å²) >= 11 is 0. The van der Waals surface area contributed by atoms with Gasteiger partial charge in [0.05, 0.1) is 12.7 Å². The largest absolute Gasteiger partial charge is 0.376 e. The molecule has 0 saturated carbocycles. The third-order valence-electron chi connectivity index (χ3n) is 2.55. The molecule has 2 N–H and O–H groups in total. The molecule has 1 atom stereocenters. The van der Waals surface area contributed by atoms with Crippen LogP contribution in [0.2, 0.25) is 0 Å². The molecule has 0 bridgehead atoms. The van der Waals surface area contributed by atoms with Crippen molar-refractivity contribution in [2.75, 3.05) is 32.8 Å². The average molecular weight is 200 g/mol. The molecule has 1 aliphatic heterocycles. The van der Waals surface area contributed by atoms with Crippen molar-refractivity contribution in [3.05, 3.63) is 0 Å². The van der Waals surface area contributed by atoms with E-state index in [-0.39, 0.29) is 0 Å². The summed E-state index contributed by atoms with van der Waals surface area (Å²) < 4.78 is 5.60. The molecule has 14 heavy (non-hydrogen) atoms. The highest BCUT2D eigenvalue weighted by Gasteiger charge is 2.11. The fourth-order valence-corrected chi connectivity index (χ4v) is 1.58. The van der Waals surface area contributed by atoms with Gasteiger partial charge in [-0.1, -0.05) is 13.8 Å². The van der Waals surface area contributed by atoms with Crippen LogP contribution in [-0.4, -0.2) is 38.9 Å². The molecule has 0 aromatic rings. The van der Waals surface area contributed by atoms with Crippen molar-refractivity contribution in [2.45, 2.75) is 32.8 Å². The average Bonchev–Trinajstić information content (AvgIpc) is 2.18. The molecule has 1 heterocycles. The smallest absolute Gasteiger partial charge is 0.0712 e. The summed E-state index contributed by atoms with van der Waals surface area (Å²) in [4.78, 5) is 0. The fraction of sp³-hybridized carbons (Fsp3) is 1.00. The van der Waals surface area contributed by atoms with Crippen LogP contribution >= 0.6 is 0 Å². The van der Waals surface area contributed by atoms with E-state index in [1.807, 2.05) is 0 Å². The van der Waals surface area contributed by atoms with Gasteiger partial charge in [0.1, 0.15) is 0 Å². The third kappa shape index (κ3) is 5.58. The first kappa shape index (κ1) is 12.0. The zero-order valence-electron chi connectivity index (χ0n) is 9.51. The van der Waals surface area contributed by atoms with Crippen LogP contribution in [0.25, 0.3) is 0 Å². The van der Waals surface area contributed by atoms with E-state index in [0.29, 0.717) is 6.10 Å². The number of hydrogen-bond acceptors (Lipinski definition) is 3. The minimum absolute atomic E-state index is 0.426. The van der Waals surface area contributed by atoms with Crippen molar-refractivity contribution in [3.63, 3.8) is 0 Å². The van der Waals surface area contributed by atoms with Crippen molar-refractivity contribution in [3.8, 4) is 0 Å². The Bertz CT molecular complexity index is 133. The van der Waals surface area contributed by atoms with Crippen molar-refractivity contribution in [1.82, 2.24) is 10.6 Å². The number of morpholine rings is 1. The lowest BCUT2D eigenvalue weighted by atomic mass is 10.1. The van der Waals surface area contributed by atoms with E-state index in [1.54, 1.807) is 0 Å². The highest BCUT2D eigenvalue weighted by molar-refractivity contribution is 4.68. The highest BCUT2D eigenvalue weighted by atomic mass is 16.5. The molecule has 1 saturated heterocycles. The summed E-state index contributed by atoms with van der Waals surface area (Å²) in [6.07, 6.45) is 2.82. The molecule has 84 valence electrons. The maximum atomic E-state index is 5.60. The molecular formula is C11H24N2O. The van der Waals surface area contributed by atoms with Crippen molar-refractivity contribution in [1.29, 1.82) is 0 Å². The Morgan fingerprint density at radius 2 is 2.29 bits per heavy atom. The summed E-state index contributed by atoms with van der Waals surface area (Å²) in [5.74, 6) is 0.801. The molecule has 0 spiro atoms. The van der Waals surface area contributed by atoms with Gasteiger partial charge in [-0.2, -0.15) is 0 Å². The monoisotopic (exact) mass is 200 g/mol. The molecule has 1 unspecified atom stereocenters. The van der Waals surface area contributed by atoms with Gasteiger partial charge in [-0.05, 0) is 31.8 Å². The van der Waals surface area contributed by atoms with E-state index in [0.717, 1.165) is 45.1 Å². The lowest BCUT2D eigenvalue weighted by Crippen LogP contribution is -2.40. The van der Waals surface area contributed by atoms with Gasteiger partial charge in [0, 0.05) is 13.1 Å². The van der Waals surface area contributed by atoms with E-state index in [9.17, 15) is 0 Å². The van der Waals surface area contributed by atoms with Crippen LogP contribution < -0.4 is 10.6 Å². The number of rotatable bonds is 6. The van der Waals surface area contributed by atoms with Gasteiger partial charge in [-0.15, -0.1) is 0 Å². The van der Waals surface area contributed by atoms with Crippen LogP contribution in [0.3, 0.4) is 0 Å². The Morgan fingerprint density at radius 1 is 1.43 bits per heavy atom. The van der Waals surface area contributed by atoms with E-state index < -0.39 is 0 Å². The molecule has 3 heteroatoms. The van der Waals surface area contributed by atoms with Gasteiger partial charge >= 0.3 is 0 Å². The minimum atomic E-state index is 0.426. The predicted octanol–water partition coefficient (Wildman–Crippen LogP) is 1.00. The van der Waals surface area contributed by atoms with Crippen molar-refractivity contribution < 1.29 is 4.74 Å². The van der Waals surface area contributed by atoms with Crippen molar-refractivity contribution >= 4 is 0 Å². The maximum Gasteiger partial charge on any atom is 0.0712 e. The first-order valence-corrected chi connectivity index (χ1v) is 5.82. The van der Waals surface area contributed by atoms with Crippen LogP contribution in [0.4, 0.5) is 0 Å². The quantitative estimate of drug-likeness (QED) is 0.628. The molecule has 0 amide bonds. The summed E-state index contributed by atoms with van der Waals surface area (Å²) in [6.45, 7) is 9.64. The second kappa shape index (κ2) is 7.21. The number of nitrogens with one attached hydrogen (secondary N) is 2. The molecule has 1 aliphatic rings. The first-order valence-electron chi connectivity index (χ1n) is 5.82. The molecule has 3 nitrogen and oxygen atoms in total. The third-order valence-corrected chi connectivity index (χ3v) is 2.55. The molecule has 1 fully saturated rings. The van der Waals surface area contributed by atoms with E-state index in [2.05, 4.69) is 24.5 Å². The normalized spacial score (nSPS) is 22.9. The Balaban J connectivity index is 1.87. The lowest BCUT2D eigenvalue weighted by molar-refractivity contribution is 0.0239. The van der Waals surface area contributed by atoms with Crippen LogP contribution in [0.15, 0.2) is 0 Å². The number of hydrogen-bond donors (Lipinski definition) is 2. The van der Waals surface area contributed by atoms with Crippen LogP contribution in [0.1, 0.15) is 26.7 Å². The molecule has 0 aromatic carbocycles. The molecular weight excluding hydrogens is 176 g/mol. The Hall–Kier alpha value is -0.120. The van der Waals surface area contributed by atoms with Crippen molar-refractivity contribution in [2.24, 2.45) is 5.92 Å². The Morgan fingerprint density at radius 3 is 2.93 bits per heavy atom. The second-order valence-electron chi connectivity index (χ2n) is 4.42. The summed E-state index contributed by atoms with van der Waals surface area (Å²) in [5, 5.41) is 6.80. The number of ether oxygens (including phenoxy) is 1.